The van der Waals surface area contributed by atoms with Crippen LogP contribution in [-0.4, -0.2) is 37.5 Å². The third-order valence-corrected chi connectivity index (χ3v) is 1.43. The molecule has 4 heteroatoms. The van der Waals surface area contributed by atoms with Crippen molar-refractivity contribution in [3.63, 3.8) is 0 Å². The van der Waals surface area contributed by atoms with E-state index in [0.29, 0.717) is 0 Å². The lowest BCUT2D eigenvalue weighted by atomic mass is 10.1. The van der Waals surface area contributed by atoms with Gasteiger partial charge in [-0.15, -0.1) is 12.4 Å². The summed E-state index contributed by atoms with van der Waals surface area (Å²) in [5, 5.41) is 0. The van der Waals surface area contributed by atoms with Gasteiger partial charge >= 0.3 is 5.97 Å². The van der Waals surface area contributed by atoms with E-state index in [2.05, 4.69) is 0 Å². The molecule has 0 spiro atoms. The van der Waals surface area contributed by atoms with Crippen molar-refractivity contribution in [2.24, 2.45) is 0 Å². The zero-order valence-corrected chi connectivity index (χ0v) is 8.13. The van der Waals surface area contributed by atoms with Crippen molar-refractivity contribution in [3.8, 4) is 0 Å². The Kier molecular flexibility index (Phi) is 2.79. The molecule has 0 aromatic heterocycles. The fourth-order valence-corrected chi connectivity index (χ4v) is 0.899. The van der Waals surface area contributed by atoms with E-state index < -0.39 is 26.0 Å². The van der Waals surface area contributed by atoms with Gasteiger partial charge in [-0.1, -0.05) is 6.08 Å². The molecule has 13 heavy (non-hydrogen) atoms. The van der Waals surface area contributed by atoms with Crippen molar-refractivity contribution < 1.29 is 16.4 Å². The molecule has 1 rings (SSSR count). The van der Waals surface area contributed by atoms with Crippen molar-refractivity contribution in [1.82, 2.24) is 4.90 Å². The summed E-state index contributed by atoms with van der Waals surface area (Å²) in [4.78, 5) is 12.2. The molecule has 1 aliphatic heterocycles. The maximum atomic E-state index is 11.5. The Morgan fingerprint density at radius 3 is 3.31 bits per heavy atom. The average Bonchev–Trinajstić information content (AvgIpc) is 2.15. The predicted octanol–water partition coefficient (Wildman–Crippen LogP) is 1.23. The van der Waals surface area contributed by atoms with E-state index >= 15 is 0 Å². The molecule has 1 aliphatic rings. The quantitative estimate of drug-likeness (QED) is 0.643. The Balaban J connectivity index is 0.00000289. The maximum Gasteiger partial charge on any atom is 0.334 e. The van der Waals surface area contributed by atoms with Crippen LogP contribution in [0.2, 0.25) is 0 Å². The highest BCUT2D eigenvalue weighted by Crippen LogP contribution is 2.08. The zero-order valence-electron chi connectivity index (χ0n) is 12.3. The van der Waals surface area contributed by atoms with E-state index in [4.69, 9.17) is 11.6 Å². The van der Waals surface area contributed by atoms with Crippen LogP contribution in [0.1, 0.15) is 20.2 Å². The third kappa shape index (κ3) is 3.79. The largest absolute Gasteiger partial charge is 0.463 e. The van der Waals surface area contributed by atoms with Crippen molar-refractivity contribution in [1.29, 1.82) is 0 Å². The molecule has 2 unspecified atom stereocenters. The molecule has 0 saturated carbocycles. The highest BCUT2D eigenvalue weighted by atomic mass is 35.5. The minimum absolute atomic E-state index is 0. The summed E-state index contributed by atoms with van der Waals surface area (Å²) in [6.07, 6.45) is 1.51. The highest BCUT2D eigenvalue weighted by Gasteiger charge is 2.15. The van der Waals surface area contributed by atoms with Crippen molar-refractivity contribution in [2.75, 3.05) is 26.6 Å². The van der Waals surface area contributed by atoms with Crippen LogP contribution in [0.15, 0.2) is 11.6 Å². The first kappa shape index (κ1) is 6.04. The van der Waals surface area contributed by atoms with E-state index in [0.717, 1.165) is 4.90 Å². The number of likely N-dealkylation sites (N-methyl/N-ethyl adjacent to an activating group) is 1. The average molecular weight is 211 g/mol. The number of ether oxygens (including phenoxy) is 1. The Bertz CT molecular complexity index is 333. The van der Waals surface area contributed by atoms with Gasteiger partial charge in [-0.05, 0) is 20.3 Å². The lowest BCUT2D eigenvalue weighted by Crippen LogP contribution is -2.29. The Labute approximate surface area is 92.2 Å². The third-order valence-electron chi connectivity index (χ3n) is 1.43. The second-order valence-electron chi connectivity index (χ2n) is 2.33. The number of nitrogens with zero attached hydrogens (tertiary/aromatic N) is 1. The van der Waals surface area contributed by atoms with Crippen LogP contribution >= 0.6 is 12.4 Å². The number of halogens is 1. The van der Waals surface area contributed by atoms with E-state index in [9.17, 15) is 4.79 Å². The predicted molar refractivity (Wildman–Crippen MR) is 54.1 cm³/mol. The number of carbonyl (C=O) groups is 1. The normalized spacial score (nSPS) is 35.2. The second-order valence-corrected chi connectivity index (χ2v) is 2.33. The van der Waals surface area contributed by atoms with Gasteiger partial charge in [0.25, 0.3) is 0 Å². The van der Waals surface area contributed by atoms with Crippen LogP contribution in [0, 0.1) is 0 Å². The first-order valence-electron chi connectivity index (χ1n) is 6.44. The van der Waals surface area contributed by atoms with Crippen molar-refractivity contribution >= 4 is 18.4 Å². The molecular weight excluding hydrogens is 190 g/mol. The van der Waals surface area contributed by atoms with E-state index in [-0.39, 0.29) is 31.0 Å². The van der Waals surface area contributed by atoms with Crippen LogP contribution in [0.4, 0.5) is 0 Å². The van der Waals surface area contributed by atoms with Gasteiger partial charge in [0.1, 0.15) is 0 Å². The molecule has 3 nitrogen and oxygen atoms in total. The highest BCUT2D eigenvalue weighted by molar-refractivity contribution is 5.89. The molecule has 0 amide bonds. The Morgan fingerprint density at radius 1 is 1.92 bits per heavy atom. The lowest BCUT2D eigenvalue weighted by molar-refractivity contribution is -0.138. The fraction of sp³-hybridized carbons (Fsp3) is 0.667. The van der Waals surface area contributed by atoms with Crippen LogP contribution in [0.5, 0.6) is 0 Å². The van der Waals surface area contributed by atoms with E-state index in [1.165, 1.54) is 6.08 Å². The van der Waals surface area contributed by atoms with Crippen LogP contribution in [-0.2, 0) is 9.53 Å². The van der Waals surface area contributed by atoms with Crippen LogP contribution in [0.25, 0.3) is 0 Å². The molecule has 0 aromatic rings. The van der Waals surface area contributed by atoms with Crippen LogP contribution in [0.3, 0.4) is 0 Å². The molecule has 0 radical (unpaired) electrons. The smallest absolute Gasteiger partial charge is 0.334 e. The van der Waals surface area contributed by atoms with Crippen molar-refractivity contribution in [2.45, 2.75) is 13.3 Å². The molecular formula is C9H16ClNO2. The standard InChI is InChI=1S/C9H15NO2.ClH/c1-3-12-9(11)8-5-4-6-10(2)7-8;/h5H,3-4,6-7H2,1-2H3;1H/i2D3,6D,7D;. The molecule has 0 aromatic carbocycles. The van der Waals surface area contributed by atoms with Crippen molar-refractivity contribution in [3.05, 3.63) is 11.6 Å². The molecule has 2 atom stereocenters. The summed E-state index contributed by atoms with van der Waals surface area (Å²) in [6.45, 7) is -3.18. The SMILES string of the molecule is Cl.[2H]C1CC=C(C(=O)OCC)C([2H])N1C([2H])([2H])[2H]. The second kappa shape index (κ2) is 6.00. The lowest BCUT2D eigenvalue weighted by Gasteiger charge is -2.21. The molecule has 0 aliphatic carbocycles. The van der Waals surface area contributed by atoms with Gasteiger partial charge in [-0.2, -0.15) is 0 Å². The number of esters is 1. The minimum Gasteiger partial charge on any atom is -0.463 e. The van der Waals surface area contributed by atoms with Gasteiger partial charge in [0, 0.05) is 25.5 Å². The van der Waals surface area contributed by atoms with Gasteiger partial charge in [-0.25, -0.2) is 4.79 Å². The molecule has 76 valence electrons. The zero-order chi connectivity index (χ0) is 13.2. The van der Waals surface area contributed by atoms with Gasteiger partial charge in [0.05, 0.1) is 6.61 Å². The molecule has 0 fully saturated rings. The summed E-state index contributed by atoms with van der Waals surface area (Å²) in [7, 11) is 0. The van der Waals surface area contributed by atoms with Gasteiger partial charge in [-0.3, -0.25) is 0 Å². The monoisotopic (exact) mass is 210 g/mol. The molecule has 0 saturated heterocycles. The Hall–Kier alpha value is -0.540. The van der Waals surface area contributed by atoms with Crippen LogP contribution < -0.4 is 0 Å². The topological polar surface area (TPSA) is 29.5 Å². The van der Waals surface area contributed by atoms with Gasteiger partial charge in [0.15, 0.2) is 0 Å². The van der Waals surface area contributed by atoms with E-state index in [1.54, 1.807) is 6.92 Å². The Morgan fingerprint density at radius 2 is 2.69 bits per heavy atom. The number of hydrogen-bond acceptors (Lipinski definition) is 3. The maximum absolute atomic E-state index is 11.5. The summed E-state index contributed by atoms with van der Waals surface area (Å²) >= 11 is 0. The fourth-order valence-electron chi connectivity index (χ4n) is 0.899. The number of rotatable bonds is 2. The molecule has 0 bridgehead atoms. The summed E-state index contributed by atoms with van der Waals surface area (Å²) < 4.78 is 41.9. The van der Waals surface area contributed by atoms with E-state index in [1.807, 2.05) is 0 Å². The summed E-state index contributed by atoms with van der Waals surface area (Å²) in [5.74, 6) is -0.686. The van der Waals surface area contributed by atoms with Gasteiger partial charge in [0.2, 0.25) is 0 Å². The molecule has 0 N–H and O–H groups in total. The number of hydrogen-bond donors (Lipinski definition) is 0. The minimum atomic E-state index is -2.56. The first-order valence-corrected chi connectivity index (χ1v) is 3.79. The summed E-state index contributed by atoms with van der Waals surface area (Å²) in [5.41, 5.74) is -0.00789. The first-order chi connectivity index (χ1) is 7.79. The summed E-state index contributed by atoms with van der Waals surface area (Å²) in [6, 6.07) is 0. The molecule has 1 heterocycles. The van der Waals surface area contributed by atoms with Gasteiger partial charge < -0.3 is 9.64 Å². The number of carbonyl (C=O) groups excluding carboxylic acids is 1.